The third-order valence-corrected chi connectivity index (χ3v) is 19.4. The lowest BCUT2D eigenvalue weighted by molar-refractivity contribution is -0.136. The van der Waals surface area contributed by atoms with Crippen LogP contribution in [-0.4, -0.2) is 222 Å². The lowest BCUT2D eigenvalue weighted by Crippen LogP contribution is -2.26. The predicted molar refractivity (Wildman–Crippen MR) is 449 cm³/mol. The van der Waals surface area contributed by atoms with Crippen molar-refractivity contribution in [2.45, 2.75) is 92.5 Å². The number of hydrogen-bond donors (Lipinski definition) is 9. The zero-order chi connectivity index (χ0) is 84.2. The second-order valence-corrected chi connectivity index (χ2v) is 31.0. The molecule has 33 nitrogen and oxygen atoms in total. The molecule has 8 heterocycles. The summed E-state index contributed by atoms with van der Waals surface area (Å²) in [6, 6.07) is 20.5. The Balaban J connectivity index is 0.000000178. The molecule has 0 spiro atoms. The summed E-state index contributed by atoms with van der Waals surface area (Å²) in [6.07, 6.45) is 7.62. The maximum absolute atomic E-state index is 14.3. The van der Waals surface area contributed by atoms with E-state index in [1.54, 1.807) is 18.2 Å². The maximum atomic E-state index is 14.3. The van der Waals surface area contributed by atoms with E-state index < -0.39 is 29.3 Å². The van der Waals surface area contributed by atoms with Gasteiger partial charge in [0, 0.05) is 38.3 Å². The van der Waals surface area contributed by atoms with Crippen LogP contribution >= 0.6 is 45.3 Å². The third kappa shape index (κ3) is 26.9. The number of anilines is 8. The van der Waals surface area contributed by atoms with E-state index in [0.29, 0.717) is 134 Å². The van der Waals surface area contributed by atoms with Gasteiger partial charge in [0.2, 0.25) is 0 Å². The van der Waals surface area contributed by atoms with Crippen molar-refractivity contribution < 1.29 is 61.2 Å². The van der Waals surface area contributed by atoms with Crippen LogP contribution in [0.5, 0.6) is 23.0 Å². The summed E-state index contributed by atoms with van der Waals surface area (Å²) < 4.78 is 64.0. The number of fused-ring (bicyclic) bond motifs is 4. The number of benzene rings is 4. The number of aromatic nitrogens is 12. The van der Waals surface area contributed by atoms with Gasteiger partial charge >= 0.3 is 5.97 Å². The van der Waals surface area contributed by atoms with Gasteiger partial charge in [-0.25, -0.2) is 73.0 Å². The van der Waals surface area contributed by atoms with Crippen molar-refractivity contribution in [1.29, 1.82) is 0 Å². The number of carbonyl (C=O) groups is 5. The molecule has 0 radical (unpaired) electrons. The summed E-state index contributed by atoms with van der Waals surface area (Å²) in [5, 5.41) is 33.4. The molecule has 0 bridgehead atoms. The van der Waals surface area contributed by atoms with Crippen molar-refractivity contribution in [2.75, 3.05) is 116 Å². The molecule has 40 heteroatoms. The lowest BCUT2D eigenvalue weighted by Gasteiger charge is -2.15. The fraction of sp³-hybridized carbons (Fsp3) is 0.364. The van der Waals surface area contributed by atoms with Crippen molar-refractivity contribution in [2.24, 2.45) is 0 Å². The standard InChI is InChI=1S/C20H25FN6O2S.C20H26N6O2S.C19H23FN6O2S.C18H18FN5O4S/c1-12(2)29-16-13(21)7-5-8-14(16)25-17-15-19(24-11-23-17)30-20(26-15)18(28)22-9-6-10-27(3)4;1-13(2)28-15-9-6-5-8-14(15)24-17-16-19(23-12-22-17)29-20(25-16)18(27)21-10-7-11-26(3)4;1-4-28-14-10-12(20)6-7-13(14)24-16-15-18(23-11-22-16)29-19(25-15)17(27)21-8-5-9-26(2)3;1-9(2)28-12-7-10(19)3-4-11(12)23-15-14-17(22-8-21-15)29-18(24-14)16(27)20-6-5-13(25)26/h5,7-8,11-12H,6,9-10H2,1-4H3,(H,22,28)(H,23,24,25);5-6,8-9,12-13H,7,10-11H2,1-4H3,(H,21,27)(H,22,23,24);6-7,10-11H,4-5,8-9H2,1-3H3,(H,21,27)(H,22,23,24);3-4,7-9H,5-6H2,1-2H3,(H,20,27)(H,25,26)(H,21,22,23). The Hall–Kier alpha value is -11.8. The number of hydrogen-bond acceptors (Lipinski definition) is 32. The van der Waals surface area contributed by atoms with Crippen molar-refractivity contribution in [3.05, 3.63) is 142 Å². The molecular weight excluding hydrogens is 1590 g/mol. The zero-order valence-electron chi connectivity index (χ0n) is 66.6. The first-order valence-corrected chi connectivity index (χ1v) is 40.3. The fourth-order valence-corrected chi connectivity index (χ4v) is 13.7. The van der Waals surface area contributed by atoms with E-state index >= 15 is 0 Å². The highest BCUT2D eigenvalue weighted by Crippen LogP contribution is 2.38. The second-order valence-electron chi connectivity index (χ2n) is 27.0. The van der Waals surface area contributed by atoms with Crippen LogP contribution in [0.25, 0.3) is 41.4 Å². The molecule has 9 N–H and O–H groups in total. The first-order valence-electron chi connectivity index (χ1n) is 37.0. The van der Waals surface area contributed by atoms with Crippen LogP contribution < -0.4 is 61.5 Å². The number of nitrogens with zero attached hydrogens (tertiary/aromatic N) is 15. The summed E-state index contributed by atoms with van der Waals surface area (Å²) in [4.78, 5) is 120. The Morgan fingerprint density at radius 2 is 0.761 bits per heavy atom. The van der Waals surface area contributed by atoms with Gasteiger partial charge in [-0.3, -0.25) is 24.0 Å². The average molecular weight is 1680 g/mol. The smallest absolute Gasteiger partial charge is 0.305 e. The number of nitrogens with one attached hydrogen (secondary N) is 8. The zero-order valence-corrected chi connectivity index (χ0v) is 69.9. The van der Waals surface area contributed by atoms with Gasteiger partial charge in [-0.15, -0.1) is 0 Å². The van der Waals surface area contributed by atoms with Crippen LogP contribution in [0.4, 0.5) is 59.2 Å². The topological polar surface area (TPSA) is 403 Å². The third-order valence-electron chi connectivity index (χ3n) is 15.5. The Bertz CT molecular complexity index is 5340. The monoisotopic (exact) mass is 1680 g/mol. The summed E-state index contributed by atoms with van der Waals surface area (Å²) in [6.45, 7) is 17.9. The summed E-state index contributed by atoms with van der Waals surface area (Å²) in [5.74, 6) is -0.318. The number of carboxylic acids is 1. The minimum atomic E-state index is -1.01. The predicted octanol–water partition coefficient (Wildman–Crippen LogP) is 12.7. The number of thiazole rings is 4. The number of ether oxygens (including phenoxy) is 4. The molecule has 12 aromatic rings. The summed E-state index contributed by atoms with van der Waals surface area (Å²) >= 11 is 4.68. The van der Waals surface area contributed by atoms with Crippen LogP contribution in [0.3, 0.4) is 0 Å². The van der Waals surface area contributed by atoms with Crippen molar-refractivity contribution in [3.8, 4) is 23.0 Å². The lowest BCUT2D eigenvalue weighted by atomic mass is 10.2. The molecular formula is C77H92F3N23O10S4. The Labute approximate surface area is 688 Å². The van der Waals surface area contributed by atoms with Crippen molar-refractivity contribution in [1.82, 2.24) is 95.8 Å². The van der Waals surface area contributed by atoms with Gasteiger partial charge in [-0.1, -0.05) is 63.5 Å². The van der Waals surface area contributed by atoms with Crippen LogP contribution in [0, 0.1) is 17.5 Å². The van der Waals surface area contributed by atoms with E-state index in [2.05, 4.69) is 117 Å². The normalized spacial score (nSPS) is 11.1. The minimum Gasteiger partial charge on any atom is -0.492 e. The first-order chi connectivity index (χ1) is 56.1. The van der Waals surface area contributed by atoms with Gasteiger partial charge in [0.1, 0.15) is 95.6 Å². The number of rotatable bonds is 35. The van der Waals surface area contributed by atoms with E-state index in [-0.39, 0.29) is 59.8 Å². The van der Waals surface area contributed by atoms with Crippen LogP contribution in [0.1, 0.15) is 113 Å². The van der Waals surface area contributed by atoms with Gasteiger partial charge in [0.05, 0.1) is 54.1 Å². The molecule has 4 aromatic carbocycles. The molecule has 0 saturated carbocycles. The van der Waals surface area contributed by atoms with Gasteiger partial charge in [-0.2, -0.15) is 0 Å². The average Bonchev–Trinajstić information content (AvgIpc) is 1.70. The number of carboxylic acid groups (broad SMARTS) is 1. The van der Waals surface area contributed by atoms with E-state index in [4.69, 9.17) is 24.1 Å². The van der Waals surface area contributed by atoms with Crippen LogP contribution in [0.15, 0.2) is 104 Å². The maximum Gasteiger partial charge on any atom is 0.305 e. The van der Waals surface area contributed by atoms with Crippen molar-refractivity contribution >= 4 is 162 Å². The highest BCUT2D eigenvalue weighted by molar-refractivity contribution is 7.21. The molecule has 620 valence electrons. The number of halogens is 3. The SMILES string of the molecule is CC(C)Oc1c(F)cccc1Nc1ncnc2sc(C(=O)NCCCN(C)C)nc12.CC(C)Oc1cc(F)ccc1Nc1ncnc2sc(C(=O)NCCC(=O)O)nc12.CC(C)Oc1ccccc1Nc1ncnc2sc(C(=O)NCCCN(C)C)nc12.CCOc1cc(F)ccc1Nc1ncnc2sc(C(=O)NCCCN(C)C)nc12. The van der Waals surface area contributed by atoms with E-state index in [0.717, 1.165) is 61.7 Å². The highest BCUT2D eigenvalue weighted by atomic mass is 32.1. The molecule has 0 aliphatic carbocycles. The molecule has 0 atom stereocenters. The van der Waals surface area contributed by atoms with E-state index in [1.807, 2.05) is 115 Å². The largest absolute Gasteiger partial charge is 0.492 e. The van der Waals surface area contributed by atoms with Gasteiger partial charge in [0.15, 0.2) is 54.9 Å². The Morgan fingerprint density at radius 1 is 0.419 bits per heavy atom. The van der Waals surface area contributed by atoms with E-state index in [9.17, 15) is 37.1 Å². The molecule has 0 aliphatic heterocycles. The molecule has 12 rings (SSSR count). The number of carbonyl (C=O) groups excluding carboxylic acids is 4. The summed E-state index contributed by atoms with van der Waals surface area (Å²) in [5.41, 5.74) is 4.09. The number of amides is 4. The number of aliphatic carboxylic acids is 1. The summed E-state index contributed by atoms with van der Waals surface area (Å²) in [7, 11) is 12.0. The van der Waals surface area contributed by atoms with Gasteiger partial charge < -0.3 is 81.3 Å². The first kappa shape index (κ1) is 89.1. The molecule has 117 heavy (non-hydrogen) atoms. The molecule has 0 aliphatic rings. The van der Waals surface area contributed by atoms with Crippen molar-refractivity contribution in [3.63, 3.8) is 0 Å². The quantitative estimate of drug-likeness (QED) is 0.0167. The van der Waals surface area contributed by atoms with Gasteiger partial charge in [-0.05, 0) is 178 Å². The number of para-hydroxylation sites is 3. The molecule has 4 amide bonds. The van der Waals surface area contributed by atoms with E-state index in [1.165, 1.54) is 95.7 Å². The molecule has 0 fully saturated rings. The fourth-order valence-electron chi connectivity index (χ4n) is 10.4. The Morgan fingerprint density at radius 3 is 1.14 bits per heavy atom. The Kier molecular flexibility index (Phi) is 33.3. The molecule has 0 saturated heterocycles. The molecule has 8 aromatic heterocycles. The minimum absolute atomic E-state index is 0.00758. The van der Waals surface area contributed by atoms with Crippen LogP contribution in [0.2, 0.25) is 0 Å². The second kappa shape index (κ2) is 43.8. The van der Waals surface area contributed by atoms with Crippen LogP contribution in [-0.2, 0) is 4.79 Å². The highest BCUT2D eigenvalue weighted by Gasteiger charge is 2.24. The van der Waals surface area contributed by atoms with Gasteiger partial charge in [0.25, 0.3) is 23.6 Å². The molecule has 0 unspecified atom stereocenters.